The van der Waals surface area contributed by atoms with Crippen LogP contribution in [0.5, 0.6) is 0 Å². The Kier molecular flexibility index (Phi) is 5.46. The lowest BCUT2D eigenvalue weighted by Gasteiger charge is -2.23. The third kappa shape index (κ3) is 3.87. The lowest BCUT2D eigenvalue weighted by molar-refractivity contribution is -0.133. The molecular weight excluding hydrogens is 370 g/mol. The average Bonchev–Trinajstić information content (AvgIpc) is 3.21. The predicted octanol–water partition coefficient (Wildman–Crippen LogP) is 2.99. The molecule has 29 heavy (non-hydrogen) atoms. The predicted molar refractivity (Wildman–Crippen MR) is 109 cm³/mol. The smallest absolute Gasteiger partial charge is 0.319 e. The summed E-state index contributed by atoms with van der Waals surface area (Å²) in [6.45, 7) is 9.35. The van der Waals surface area contributed by atoms with Crippen LogP contribution in [0.2, 0.25) is 0 Å². The largest absolute Gasteiger partial charge is 0.325 e. The van der Waals surface area contributed by atoms with Gasteiger partial charge in [0.25, 0.3) is 5.91 Å². The number of carbonyl (C=O) groups is 3. The molecular formula is C21H27N5O3. The fourth-order valence-corrected chi connectivity index (χ4v) is 3.39. The van der Waals surface area contributed by atoms with Crippen molar-refractivity contribution in [3.63, 3.8) is 0 Å². The minimum atomic E-state index is -1.20. The standard InChI is InChI=1S/C21H27N5O3/c1-13(2)15-6-8-16(9-7-15)21(5)19(28)25(20(29)24-21)12-18(27)23-17-10-11-22-26(17)14(3)4/h6-11,13-14H,12H2,1-5H3,(H,23,27)(H,24,29)/t21-/m1/s1. The van der Waals surface area contributed by atoms with Crippen molar-refractivity contribution in [3.8, 4) is 0 Å². The maximum absolute atomic E-state index is 13.0. The number of benzene rings is 1. The molecule has 4 amide bonds. The molecule has 154 valence electrons. The molecule has 1 fully saturated rings. The zero-order chi connectivity index (χ0) is 21.3. The molecule has 0 bridgehead atoms. The SMILES string of the molecule is CC(C)c1ccc([C@@]2(C)NC(=O)N(CC(=O)Nc3ccnn3C(C)C)C2=O)cc1. The summed E-state index contributed by atoms with van der Waals surface area (Å²) >= 11 is 0. The number of imide groups is 1. The van der Waals surface area contributed by atoms with Gasteiger partial charge in [0.2, 0.25) is 5.91 Å². The van der Waals surface area contributed by atoms with E-state index in [1.54, 1.807) is 23.9 Å². The van der Waals surface area contributed by atoms with Gasteiger partial charge < -0.3 is 10.6 Å². The van der Waals surface area contributed by atoms with E-state index < -0.39 is 23.4 Å². The second kappa shape index (κ2) is 7.69. The number of aromatic nitrogens is 2. The van der Waals surface area contributed by atoms with E-state index in [0.717, 1.165) is 10.5 Å². The summed E-state index contributed by atoms with van der Waals surface area (Å²) < 4.78 is 1.66. The Morgan fingerprint density at radius 1 is 1.14 bits per heavy atom. The minimum Gasteiger partial charge on any atom is -0.319 e. The molecule has 3 rings (SSSR count). The number of nitrogens with one attached hydrogen (secondary N) is 2. The number of nitrogens with zero attached hydrogens (tertiary/aromatic N) is 3. The Hall–Kier alpha value is -3.16. The molecule has 2 N–H and O–H groups in total. The van der Waals surface area contributed by atoms with Gasteiger partial charge in [-0.1, -0.05) is 38.1 Å². The minimum absolute atomic E-state index is 0.0640. The average molecular weight is 397 g/mol. The van der Waals surface area contributed by atoms with Crippen molar-refractivity contribution in [2.75, 3.05) is 11.9 Å². The van der Waals surface area contributed by atoms with E-state index in [1.165, 1.54) is 0 Å². The van der Waals surface area contributed by atoms with Crippen LogP contribution in [0.4, 0.5) is 10.6 Å². The summed E-state index contributed by atoms with van der Waals surface area (Å²) in [4.78, 5) is 38.9. The highest BCUT2D eigenvalue weighted by Gasteiger charge is 2.49. The molecule has 1 aliphatic rings. The molecule has 2 heterocycles. The molecule has 8 heteroatoms. The van der Waals surface area contributed by atoms with Crippen LogP contribution in [0.25, 0.3) is 0 Å². The topological polar surface area (TPSA) is 96.3 Å². The first kappa shape index (κ1) is 20.6. The maximum Gasteiger partial charge on any atom is 0.325 e. The summed E-state index contributed by atoms with van der Waals surface area (Å²) in [6, 6.07) is 8.74. The zero-order valence-corrected chi connectivity index (χ0v) is 17.4. The van der Waals surface area contributed by atoms with Gasteiger partial charge in [0, 0.05) is 12.1 Å². The molecule has 0 radical (unpaired) electrons. The van der Waals surface area contributed by atoms with Crippen molar-refractivity contribution in [1.82, 2.24) is 20.0 Å². The highest BCUT2D eigenvalue weighted by Crippen LogP contribution is 2.30. The van der Waals surface area contributed by atoms with Gasteiger partial charge in [-0.15, -0.1) is 0 Å². The number of hydrogen-bond donors (Lipinski definition) is 2. The Balaban J connectivity index is 1.74. The molecule has 1 aliphatic heterocycles. The quantitative estimate of drug-likeness (QED) is 0.733. The third-order valence-corrected chi connectivity index (χ3v) is 5.16. The summed E-state index contributed by atoms with van der Waals surface area (Å²) in [7, 11) is 0. The van der Waals surface area contributed by atoms with E-state index in [4.69, 9.17) is 0 Å². The van der Waals surface area contributed by atoms with Crippen molar-refractivity contribution < 1.29 is 14.4 Å². The van der Waals surface area contributed by atoms with Crippen LogP contribution in [0.1, 0.15) is 57.7 Å². The number of anilines is 1. The van der Waals surface area contributed by atoms with Gasteiger partial charge in [-0.25, -0.2) is 9.48 Å². The number of rotatable bonds is 6. The van der Waals surface area contributed by atoms with Crippen molar-refractivity contribution in [3.05, 3.63) is 47.7 Å². The van der Waals surface area contributed by atoms with E-state index in [0.29, 0.717) is 17.3 Å². The second-order valence-electron chi connectivity index (χ2n) is 8.03. The van der Waals surface area contributed by atoms with Crippen molar-refractivity contribution in [2.24, 2.45) is 0 Å². The van der Waals surface area contributed by atoms with Gasteiger partial charge in [0.15, 0.2) is 0 Å². The summed E-state index contributed by atoms with van der Waals surface area (Å²) in [5.41, 5.74) is 0.625. The van der Waals surface area contributed by atoms with Crippen molar-refractivity contribution in [2.45, 2.75) is 52.1 Å². The van der Waals surface area contributed by atoms with Gasteiger partial charge >= 0.3 is 6.03 Å². The monoisotopic (exact) mass is 397 g/mol. The fourth-order valence-electron chi connectivity index (χ4n) is 3.39. The molecule has 0 aliphatic carbocycles. The van der Waals surface area contributed by atoms with Gasteiger partial charge in [-0.2, -0.15) is 5.10 Å². The zero-order valence-electron chi connectivity index (χ0n) is 17.4. The maximum atomic E-state index is 13.0. The number of urea groups is 1. The Morgan fingerprint density at radius 2 is 1.79 bits per heavy atom. The summed E-state index contributed by atoms with van der Waals surface area (Å²) in [5.74, 6) is -0.0306. The third-order valence-electron chi connectivity index (χ3n) is 5.16. The highest BCUT2D eigenvalue weighted by molar-refractivity contribution is 6.10. The highest BCUT2D eigenvalue weighted by atomic mass is 16.2. The first-order chi connectivity index (χ1) is 13.6. The van der Waals surface area contributed by atoms with E-state index in [2.05, 4.69) is 29.6 Å². The number of amides is 4. The lowest BCUT2D eigenvalue weighted by atomic mass is 9.90. The van der Waals surface area contributed by atoms with E-state index in [1.807, 2.05) is 38.1 Å². The Bertz CT molecular complexity index is 932. The van der Waals surface area contributed by atoms with E-state index in [-0.39, 0.29) is 12.6 Å². The Morgan fingerprint density at radius 3 is 2.38 bits per heavy atom. The first-order valence-electron chi connectivity index (χ1n) is 9.71. The lowest BCUT2D eigenvalue weighted by Crippen LogP contribution is -2.42. The number of carbonyl (C=O) groups excluding carboxylic acids is 3. The van der Waals surface area contributed by atoms with Gasteiger partial charge in [-0.05, 0) is 37.8 Å². The van der Waals surface area contributed by atoms with Gasteiger partial charge in [0.05, 0.1) is 6.20 Å². The van der Waals surface area contributed by atoms with Crippen LogP contribution in [-0.4, -0.2) is 39.1 Å². The van der Waals surface area contributed by atoms with E-state index in [9.17, 15) is 14.4 Å². The molecule has 0 saturated carbocycles. The molecule has 1 atom stereocenters. The number of hydrogen-bond acceptors (Lipinski definition) is 4. The van der Waals surface area contributed by atoms with Crippen LogP contribution in [0.3, 0.4) is 0 Å². The molecule has 8 nitrogen and oxygen atoms in total. The second-order valence-corrected chi connectivity index (χ2v) is 8.03. The normalized spacial score (nSPS) is 19.2. The molecule has 0 unspecified atom stereocenters. The molecule has 2 aromatic rings. The summed E-state index contributed by atoms with van der Waals surface area (Å²) in [5, 5.41) is 9.60. The van der Waals surface area contributed by atoms with Gasteiger partial charge in [-0.3, -0.25) is 14.5 Å². The van der Waals surface area contributed by atoms with E-state index >= 15 is 0 Å². The molecule has 1 saturated heterocycles. The van der Waals surface area contributed by atoms with Gasteiger partial charge in [0.1, 0.15) is 17.9 Å². The van der Waals surface area contributed by atoms with Crippen LogP contribution < -0.4 is 10.6 Å². The van der Waals surface area contributed by atoms with Crippen LogP contribution >= 0.6 is 0 Å². The van der Waals surface area contributed by atoms with Crippen molar-refractivity contribution in [1.29, 1.82) is 0 Å². The molecule has 1 aromatic carbocycles. The summed E-state index contributed by atoms with van der Waals surface area (Å²) in [6.07, 6.45) is 1.58. The Labute approximate surface area is 170 Å². The van der Waals surface area contributed by atoms with Crippen molar-refractivity contribution >= 4 is 23.7 Å². The van der Waals surface area contributed by atoms with Crippen LogP contribution in [0, 0.1) is 0 Å². The fraction of sp³-hybridized carbons (Fsp3) is 0.429. The van der Waals surface area contributed by atoms with Crippen LogP contribution in [0.15, 0.2) is 36.5 Å². The molecule has 0 spiro atoms. The van der Waals surface area contributed by atoms with Crippen LogP contribution in [-0.2, 0) is 15.1 Å². The molecule has 1 aromatic heterocycles. The first-order valence-corrected chi connectivity index (χ1v) is 9.71.